The van der Waals surface area contributed by atoms with Gasteiger partial charge in [-0.05, 0) is 73.5 Å². The summed E-state index contributed by atoms with van der Waals surface area (Å²) in [6.45, 7) is 3.36. The van der Waals surface area contributed by atoms with E-state index in [2.05, 4.69) is 10.6 Å². The van der Waals surface area contributed by atoms with Crippen LogP contribution in [0.5, 0.6) is 11.5 Å². The van der Waals surface area contributed by atoms with Crippen LogP contribution in [0.2, 0.25) is 10.0 Å². The third-order valence-electron chi connectivity index (χ3n) is 4.85. The molecule has 7 nitrogen and oxygen atoms in total. The standard InChI is InChI=1S/C26H24Cl2N2O5/c1-16-3-4-17(2)22(13-16)30-25(32)15-34-26(33)12-11-24(31)29-19-6-8-20(9-7-19)35-23-10-5-18(27)14-21(23)28/h3-10,13-14H,11-12,15H2,1-2H3,(H,29,31)(H,30,32). The SMILES string of the molecule is Cc1ccc(C)c(NC(=O)COC(=O)CCC(=O)Nc2ccc(Oc3ccc(Cl)cc3Cl)cc2)c1. The van der Waals surface area contributed by atoms with Gasteiger partial charge in [0.05, 0.1) is 11.4 Å². The summed E-state index contributed by atoms with van der Waals surface area (Å²) in [6, 6.07) is 17.2. The van der Waals surface area contributed by atoms with Gasteiger partial charge in [-0.15, -0.1) is 0 Å². The Labute approximate surface area is 213 Å². The number of hydrogen-bond donors (Lipinski definition) is 2. The number of anilines is 2. The highest BCUT2D eigenvalue weighted by atomic mass is 35.5. The molecular formula is C26H24Cl2N2O5. The van der Waals surface area contributed by atoms with E-state index >= 15 is 0 Å². The summed E-state index contributed by atoms with van der Waals surface area (Å²) in [5.74, 6) is -0.473. The van der Waals surface area contributed by atoms with E-state index in [1.54, 1.807) is 42.5 Å². The van der Waals surface area contributed by atoms with Gasteiger partial charge in [-0.25, -0.2) is 0 Å². The van der Waals surface area contributed by atoms with Crippen molar-refractivity contribution in [1.29, 1.82) is 0 Å². The minimum absolute atomic E-state index is 0.0872. The van der Waals surface area contributed by atoms with Crippen LogP contribution in [0.4, 0.5) is 11.4 Å². The summed E-state index contributed by atoms with van der Waals surface area (Å²) in [5.41, 5.74) is 3.10. The Balaban J connectivity index is 1.39. The number of ether oxygens (including phenoxy) is 2. The number of halogens is 2. The Kier molecular flexibility index (Phi) is 9.11. The van der Waals surface area contributed by atoms with Crippen molar-refractivity contribution in [2.24, 2.45) is 0 Å². The maximum atomic E-state index is 12.2. The smallest absolute Gasteiger partial charge is 0.306 e. The molecule has 0 saturated carbocycles. The number of benzene rings is 3. The Hall–Kier alpha value is -3.55. The molecule has 3 aromatic carbocycles. The van der Waals surface area contributed by atoms with Crippen LogP contribution >= 0.6 is 23.2 Å². The lowest BCUT2D eigenvalue weighted by molar-refractivity contribution is -0.147. The molecule has 0 saturated heterocycles. The number of aryl methyl sites for hydroxylation is 2. The summed E-state index contributed by atoms with van der Waals surface area (Å²) in [4.78, 5) is 36.1. The number of carbonyl (C=O) groups is 3. The van der Waals surface area contributed by atoms with Gasteiger partial charge in [-0.1, -0.05) is 35.3 Å². The van der Waals surface area contributed by atoms with Crippen molar-refractivity contribution in [2.75, 3.05) is 17.2 Å². The molecule has 0 radical (unpaired) electrons. The molecule has 0 atom stereocenters. The number of esters is 1. The zero-order chi connectivity index (χ0) is 25.4. The van der Waals surface area contributed by atoms with Crippen LogP contribution < -0.4 is 15.4 Å². The van der Waals surface area contributed by atoms with Crippen LogP contribution in [-0.2, 0) is 19.1 Å². The number of hydrogen-bond acceptors (Lipinski definition) is 5. The Bertz CT molecular complexity index is 1230. The molecule has 0 aliphatic heterocycles. The van der Waals surface area contributed by atoms with Crippen LogP contribution in [0.3, 0.4) is 0 Å². The fraction of sp³-hybridized carbons (Fsp3) is 0.192. The molecule has 0 fully saturated rings. The summed E-state index contributed by atoms with van der Waals surface area (Å²) in [6.07, 6.45) is -0.241. The van der Waals surface area contributed by atoms with Gasteiger partial charge >= 0.3 is 5.97 Å². The Morgan fingerprint density at radius 1 is 0.829 bits per heavy atom. The molecule has 0 aliphatic rings. The molecule has 182 valence electrons. The van der Waals surface area contributed by atoms with E-state index in [0.717, 1.165) is 11.1 Å². The Morgan fingerprint density at radius 3 is 2.29 bits per heavy atom. The molecule has 3 rings (SSSR count). The molecule has 0 unspecified atom stereocenters. The quantitative estimate of drug-likeness (QED) is 0.326. The maximum absolute atomic E-state index is 12.2. The molecule has 2 N–H and O–H groups in total. The second-order valence-electron chi connectivity index (χ2n) is 7.78. The van der Waals surface area contributed by atoms with Crippen molar-refractivity contribution in [3.8, 4) is 11.5 Å². The molecule has 3 aromatic rings. The van der Waals surface area contributed by atoms with Crippen LogP contribution in [0.15, 0.2) is 60.7 Å². The lowest BCUT2D eigenvalue weighted by Gasteiger charge is -2.10. The van der Waals surface area contributed by atoms with Gasteiger partial charge in [0.1, 0.15) is 11.5 Å². The predicted molar refractivity (Wildman–Crippen MR) is 136 cm³/mol. The van der Waals surface area contributed by atoms with E-state index in [0.29, 0.717) is 32.9 Å². The van der Waals surface area contributed by atoms with E-state index in [-0.39, 0.29) is 18.7 Å². The van der Waals surface area contributed by atoms with Gasteiger partial charge in [0.15, 0.2) is 6.61 Å². The van der Waals surface area contributed by atoms with Crippen molar-refractivity contribution in [3.63, 3.8) is 0 Å². The van der Waals surface area contributed by atoms with Crippen LogP contribution in [0.1, 0.15) is 24.0 Å². The van der Waals surface area contributed by atoms with Gasteiger partial charge in [0.2, 0.25) is 5.91 Å². The number of nitrogens with one attached hydrogen (secondary N) is 2. The molecule has 2 amide bonds. The highest BCUT2D eigenvalue weighted by molar-refractivity contribution is 6.35. The summed E-state index contributed by atoms with van der Waals surface area (Å²) in [7, 11) is 0. The monoisotopic (exact) mass is 514 g/mol. The molecule has 35 heavy (non-hydrogen) atoms. The van der Waals surface area contributed by atoms with Crippen LogP contribution in [0, 0.1) is 13.8 Å². The van der Waals surface area contributed by atoms with Crippen LogP contribution in [0.25, 0.3) is 0 Å². The average molecular weight is 515 g/mol. The van der Waals surface area contributed by atoms with E-state index in [1.807, 2.05) is 32.0 Å². The largest absolute Gasteiger partial charge is 0.456 e. The second-order valence-corrected chi connectivity index (χ2v) is 8.62. The highest BCUT2D eigenvalue weighted by Gasteiger charge is 2.12. The predicted octanol–water partition coefficient (Wildman–Crippen LogP) is 6.30. The topological polar surface area (TPSA) is 93.7 Å². The van der Waals surface area contributed by atoms with Crippen molar-refractivity contribution < 1.29 is 23.9 Å². The van der Waals surface area contributed by atoms with Gasteiger partial charge in [-0.2, -0.15) is 0 Å². The molecule has 0 bridgehead atoms. The number of rotatable bonds is 9. The summed E-state index contributed by atoms with van der Waals surface area (Å²) >= 11 is 12.0. The first-order valence-electron chi connectivity index (χ1n) is 10.7. The first kappa shape index (κ1) is 26.1. The van der Waals surface area contributed by atoms with Crippen molar-refractivity contribution >= 4 is 52.4 Å². The van der Waals surface area contributed by atoms with Crippen molar-refractivity contribution in [1.82, 2.24) is 0 Å². The van der Waals surface area contributed by atoms with Gasteiger partial charge in [-0.3, -0.25) is 14.4 Å². The fourth-order valence-corrected chi connectivity index (χ4v) is 3.45. The minimum atomic E-state index is -0.639. The summed E-state index contributed by atoms with van der Waals surface area (Å²) in [5, 5.41) is 6.29. The Morgan fingerprint density at radius 2 is 1.57 bits per heavy atom. The first-order valence-corrected chi connectivity index (χ1v) is 11.5. The fourth-order valence-electron chi connectivity index (χ4n) is 3.01. The van der Waals surface area contributed by atoms with E-state index in [1.165, 1.54) is 0 Å². The molecule has 9 heteroatoms. The zero-order valence-corrected chi connectivity index (χ0v) is 20.7. The molecular weight excluding hydrogens is 491 g/mol. The minimum Gasteiger partial charge on any atom is -0.456 e. The number of amides is 2. The molecule has 0 aliphatic carbocycles. The highest BCUT2D eigenvalue weighted by Crippen LogP contribution is 2.32. The van der Waals surface area contributed by atoms with E-state index < -0.39 is 18.5 Å². The molecule has 0 aromatic heterocycles. The first-order chi connectivity index (χ1) is 16.7. The molecule has 0 spiro atoms. The lowest BCUT2D eigenvalue weighted by atomic mass is 10.1. The summed E-state index contributed by atoms with van der Waals surface area (Å²) < 4.78 is 10.7. The number of carbonyl (C=O) groups excluding carboxylic acids is 3. The van der Waals surface area contributed by atoms with Crippen molar-refractivity contribution in [2.45, 2.75) is 26.7 Å². The zero-order valence-electron chi connectivity index (χ0n) is 19.2. The molecule has 0 heterocycles. The van der Waals surface area contributed by atoms with Gasteiger partial charge < -0.3 is 20.1 Å². The van der Waals surface area contributed by atoms with Crippen LogP contribution in [-0.4, -0.2) is 24.4 Å². The third-order valence-corrected chi connectivity index (χ3v) is 5.38. The average Bonchev–Trinajstić information content (AvgIpc) is 2.82. The maximum Gasteiger partial charge on any atom is 0.306 e. The third kappa shape index (κ3) is 8.31. The van der Waals surface area contributed by atoms with E-state index in [9.17, 15) is 14.4 Å². The lowest BCUT2D eigenvalue weighted by Crippen LogP contribution is -2.22. The van der Waals surface area contributed by atoms with E-state index in [4.69, 9.17) is 32.7 Å². The normalized spacial score (nSPS) is 10.4. The van der Waals surface area contributed by atoms with Crippen molar-refractivity contribution in [3.05, 3.63) is 81.8 Å². The van der Waals surface area contributed by atoms with Gasteiger partial charge in [0, 0.05) is 22.8 Å². The second kappa shape index (κ2) is 12.2. The van der Waals surface area contributed by atoms with Gasteiger partial charge in [0.25, 0.3) is 5.91 Å².